The Kier molecular flexibility index (Phi) is 6.70. The van der Waals surface area contributed by atoms with Crippen molar-refractivity contribution in [3.05, 3.63) is 83.7 Å². The molecule has 3 aromatic carbocycles. The minimum absolute atomic E-state index is 0.191. The summed E-state index contributed by atoms with van der Waals surface area (Å²) in [6.45, 7) is 4.85. The maximum Gasteiger partial charge on any atom is 0.255 e. The number of ether oxygens (including phenoxy) is 2. The summed E-state index contributed by atoms with van der Waals surface area (Å²) < 4.78 is 11.2. The van der Waals surface area contributed by atoms with Crippen molar-refractivity contribution >= 4 is 22.6 Å². The van der Waals surface area contributed by atoms with Crippen molar-refractivity contribution in [2.75, 3.05) is 18.5 Å². The van der Waals surface area contributed by atoms with E-state index in [4.69, 9.17) is 9.47 Å². The Hall–Kier alpha value is -3.80. The van der Waals surface area contributed by atoms with Gasteiger partial charge in [0.15, 0.2) is 11.5 Å². The summed E-state index contributed by atoms with van der Waals surface area (Å²) in [7, 11) is 0. The smallest absolute Gasteiger partial charge is 0.255 e. The SMILES string of the molecule is CCOc1ccc(C(=O)Nc2ccc(CCc3nc4ccccc4[nH]3)cc2)cc1OCC. The third-order valence-corrected chi connectivity index (χ3v) is 5.11. The van der Waals surface area contributed by atoms with Gasteiger partial charge >= 0.3 is 0 Å². The number of imidazole rings is 1. The summed E-state index contributed by atoms with van der Waals surface area (Å²) >= 11 is 0. The van der Waals surface area contributed by atoms with Gasteiger partial charge in [-0.2, -0.15) is 0 Å². The molecule has 164 valence electrons. The lowest BCUT2D eigenvalue weighted by Crippen LogP contribution is -2.12. The van der Waals surface area contributed by atoms with Crippen molar-refractivity contribution in [1.29, 1.82) is 0 Å². The second-order valence-corrected chi connectivity index (χ2v) is 7.38. The van der Waals surface area contributed by atoms with Crippen LogP contribution in [0.25, 0.3) is 11.0 Å². The molecule has 0 fully saturated rings. The van der Waals surface area contributed by atoms with E-state index in [-0.39, 0.29) is 5.91 Å². The number of amides is 1. The number of para-hydroxylation sites is 2. The van der Waals surface area contributed by atoms with Crippen molar-refractivity contribution in [3.63, 3.8) is 0 Å². The maximum absolute atomic E-state index is 12.7. The van der Waals surface area contributed by atoms with Crippen molar-refractivity contribution in [2.45, 2.75) is 26.7 Å². The molecule has 0 aliphatic heterocycles. The predicted octanol–water partition coefficient (Wildman–Crippen LogP) is 5.40. The number of fused-ring (bicyclic) bond motifs is 1. The van der Waals surface area contributed by atoms with Gasteiger partial charge in [0.1, 0.15) is 5.82 Å². The summed E-state index contributed by atoms with van der Waals surface area (Å²) in [5.41, 5.74) is 4.49. The molecule has 0 bridgehead atoms. The molecule has 1 aromatic heterocycles. The number of anilines is 1. The zero-order valence-corrected chi connectivity index (χ0v) is 18.4. The van der Waals surface area contributed by atoms with Crippen molar-refractivity contribution in [1.82, 2.24) is 9.97 Å². The monoisotopic (exact) mass is 429 g/mol. The first-order valence-corrected chi connectivity index (χ1v) is 10.9. The highest BCUT2D eigenvalue weighted by Crippen LogP contribution is 2.29. The number of nitrogens with zero attached hydrogens (tertiary/aromatic N) is 1. The fourth-order valence-corrected chi connectivity index (χ4v) is 3.54. The van der Waals surface area contributed by atoms with Gasteiger partial charge in [0.25, 0.3) is 5.91 Å². The molecule has 0 saturated heterocycles. The molecule has 0 aliphatic rings. The molecule has 0 atom stereocenters. The maximum atomic E-state index is 12.7. The summed E-state index contributed by atoms with van der Waals surface area (Å²) in [6.07, 6.45) is 1.69. The highest BCUT2D eigenvalue weighted by atomic mass is 16.5. The van der Waals surface area contributed by atoms with Crippen LogP contribution in [0.1, 0.15) is 35.6 Å². The molecule has 0 radical (unpaired) electrons. The molecular weight excluding hydrogens is 402 g/mol. The predicted molar refractivity (Wildman–Crippen MR) is 127 cm³/mol. The summed E-state index contributed by atoms with van der Waals surface area (Å²) in [6, 6.07) is 21.2. The van der Waals surface area contributed by atoms with Gasteiger partial charge in [0, 0.05) is 17.7 Å². The number of aromatic nitrogens is 2. The molecular formula is C26H27N3O3. The number of hydrogen-bond donors (Lipinski definition) is 2. The number of carbonyl (C=O) groups is 1. The number of nitrogens with one attached hydrogen (secondary N) is 2. The van der Waals surface area contributed by atoms with E-state index in [1.165, 1.54) is 5.56 Å². The van der Waals surface area contributed by atoms with Crippen LogP contribution in [0, 0.1) is 0 Å². The van der Waals surface area contributed by atoms with E-state index >= 15 is 0 Å². The van der Waals surface area contributed by atoms with Crippen LogP contribution in [0.2, 0.25) is 0 Å². The molecule has 4 rings (SSSR count). The summed E-state index contributed by atoms with van der Waals surface area (Å²) in [5.74, 6) is 2.00. The topological polar surface area (TPSA) is 76.2 Å². The molecule has 6 heteroatoms. The van der Waals surface area contributed by atoms with Crippen LogP contribution in [0.5, 0.6) is 11.5 Å². The molecule has 1 amide bonds. The molecule has 1 heterocycles. The molecule has 0 saturated carbocycles. The lowest BCUT2D eigenvalue weighted by Gasteiger charge is -2.12. The Morgan fingerprint density at radius 3 is 2.41 bits per heavy atom. The first kappa shape index (κ1) is 21.4. The van der Waals surface area contributed by atoms with Crippen LogP contribution >= 0.6 is 0 Å². The van der Waals surface area contributed by atoms with Gasteiger partial charge in [-0.15, -0.1) is 0 Å². The van der Waals surface area contributed by atoms with Gasteiger partial charge in [-0.3, -0.25) is 4.79 Å². The molecule has 0 spiro atoms. The third kappa shape index (κ3) is 5.09. The van der Waals surface area contributed by atoms with E-state index in [0.29, 0.717) is 30.3 Å². The molecule has 0 unspecified atom stereocenters. The van der Waals surface area contributed by atoms with E-state index in [0.717, 1.165) is 35.4 Å². The Balaban J connectivity index is 1.37. The van der Waals surface area contributed by atoms with E-state index in [2.05, 4.69) is 15.3 Å². The first-order chi connectivity index (χ1) is 15.7. The van der Waals surface area contributed by atoms with Crippen LogP contribution in [-0.2, 0) is 12.8 Å². The number of H-pyrrole nitrogens is 1. The van der Waals surface area contributed by atoms with Crippen LogP contribution < -0.4 is 14.8 Å². The molecule has 0 aliphatic carbocycles. The minimum atomic E-state index is -0.191. The van der Waals surface area contributed by atoms with Gasteiger partial charge in [-0.25, -0.2) is 4.98 Å². The van der Waals surface area contributed by atoms with Crippen molar-refractivity contribution in [3.8, 4) is 11.5 Å². The van der Waals surface area contributed by atoms with Gasteiger partial charge in [0.2, 0.25) is 0 Å². The van der Waals surface area contributed by atoms with Crippen LogP contribution in [-0.4, -0.2) is 29.1 Å². The fraction of sp³-hybridized carbons (Fsp3) is 0.231. The zero-order chi connectivity index (χ0) is 22.3. The number of aromatic amines is 1. The number of rotatable bonds is 9. The van der Waals surface area contributed by atoms with E-state index in [9.17, 15) is 4.79 Å². The number of hydrogen-bond acceptors (Lipinski definition) is 4. The number of benzene rings is 3. The molecule has 32 heavy (non-hydrogen) atoms. The zero-order valence-electron chi connectivity index (χ0n) is 18.4. The van der Waals surface area contributed by atoms with Gasteiger partial charge < -0.3 is 19.8 Å². The lowest BCUT2D eigenvalue weighted by molar-refractivity contribution is 0.102. The Labute approximate surface area is 187 Å². The summed E-state index contributed by atoms with van der Waals surface area (Å²) in [4.78, 5) is 20.7. The van der Waals surface area contributed by atoms with Crippen LogP contribution in [0.3, 0.4) is 0 Å². The minimum Gasteiger partial charge on any atom is -0.490 e. The Bertz CT molecular complexity index is 1170. The molecule has 6 nitrogen and oxygen atoms in total. The second kappa shape index (κ2) is 10.0. The summed E-state index contributed by atoms with van der Waals surface area (Å²) in [5, 5.41) is 2.94. The highest BCUT2D eigenvalue weighted by molar-refractivity contribution is 6.04. The van der Waals surface area contributed by atoms with Gasteiger partial charge in [-0.05, 0) is 68.3 Å². The number of aryl methyl sites for hydroxylation is 2. The van der Waals surface area contributed by atoms with E-state index < -0.39 is 0 Å². The van der Waals surface area contributed by atoms with E-state index in [1.807, 2.05) is 62.4 Å². The van der Waals surface area contributed by atoms with Gasteiger partial charge in [-0.1, -0.05) is 24.3 Å². The average Bonchev–Trinajstić information content (AvgIpc) is 3.23. The van der Waals surface area contributed by atoms with Crippen molar-refractivity contribution < 1.29 is 14.3 Å². The van der Waals surface area contributed by atoms with Gasteiger partial charge in [0.05, 0.1) is 24.2 Å². The second-order valence-electron chi connectivity index (χ2n) is 7.38. The molecule has 2 N–H and O–H groups in total. The Morgan fingerprint density at radius 2 is 1.66 bits per heavy atom. The molecule has 4 aromatic rings. The van der Waals surface area contributed by atoms with Crippen molar-refractivity contribution in [2.24, 2.45) is 0 Å². The average molecular weight is 430 g/mol. The highest BCUT2D eigenvalue weighted by Gasteiger charge is 2.12. The standard InChI is InChI=1S/C26H27N3O3/c1-3-31-23-15-12-19(17-24(23)32-4-2)26(30)27-20-13-9-18(10-14-20)11-16-25-28-21-7-5-6-8-22(21)29-25/h5-10,12-15,17H,3-4,11,16H2,1-2H3,(H,27,30)(H,28,29). The van der Waals surface area contributed by atoms with Crippen LogP contribution in [0.15, 0.2) is 66.7 Å². The Morgan fingerprint density at radius 1 is 0.906 bits per heavy atom. The first-order valence-electron chi connectivity index (χ1n) is 10.9. The quantitative estimate of drug-likeness (QED) is 0.374. The lowest BCUT2D eigenvalue weighted by atomic mass is 10.1. The number of carbonyl (C=O) groups excluding carboxylic acids is 1. The van der Waals surface area contributed by atoms with Crippen LogP contribution in [0.4, 0.5) is 5.69 Å². The van der Waals surface area contributed by atoms with E-state index in [1.54, 1.807) is 18.2 Å². The third-order valence-electron chi connectivity index (χ3n) is 5.11. The fourth-order valence-electron chi connectivity index (χ4n) is 3.54. The normalized spacial score (nSPS) is 10.8. The largest absolute Gasteiger partial charge is 0.490 e.